The smallest absolute Gasteiger partial charge is 0.300 e. The van der Waals surface area contributed by atoms with Gasteiger partial charge in [0, 0.05) is 5.69 Å². The molecular weight excluding hydrogens is 304 g/mol. The number of para-hydroxylation sites is 1. The Morgan fingerprint density at radius 3 is 2.38 bits per heavy atom. The molecule has 0 aliphatic heterocycles. The molecule has 24 heavy (non-hydrogen) atoms. The van der Waals surface area contributed by atoms with Gasteiger partial charge in [0.1, 0.15) is 5.52 Å². The van der Waals surface area contributed by atoms with Gasteiger partial charge >= 0.3 is 0 Å². The van der Waals surface area contributed by atoms with E-state index < -0.39 is 0 Å². The molecule has 3 aromatic carbocycles. The maximum atomic E-state index is 8.63. The summed E-state index contributed by atoms with van der Waals surface area (Å²) in [5.74, 6) is 0.399. The molecule has 0 unspecified atom stereocenters. The zero-order valence-electron chi connectivity index (χ0n) is 12.6. The van der Waals surface area contributed by atoms with E-state index in [-0.39, 0.29) is 0 Å². The summed E-state index contributed by atoms with van der Waals surface area (Å²) in [5, 5.41) is 11.8. The van der Waals surface area contributed by atoms with E-state index in [1.807, 2.05) is 60.7 Å². The number of rotatable bonds is 4. The predicted molar refractivity (Wildman–Crippen MR) is 92.4 cm³/mol. The second-order valence-electron chi connectivity index (χ2n) is 5.31. The molecule has 1 aromatic heterocycles. The number of benzene rings is 3. The van der Waals surface area contributed by atoms with Crippen molar-refractivity contribution < 1.29 is 14.6 Å². The standard InChI is InChI=1S/C19H14N2O3/c22-24-16-9-6-13(7-10-16)14-8-11-18-17(12-14)21-19(23-18)20-15-4-2-1-3-5-15/h1-12,22H,(H,20,21). The zero-order valence-corrected chi connectivity index (χ0v) is 12.6. The largest absolute Gasteiger partial charge is 0.423 e. The number of oxazole rings is 1. The monoisotopic (exact) mass is 318 g/mol. The summed E-state index contributed by atoms with van der Waals surface area (Å²) in [6, 6.07) is 23.2. The highest BCUT2D eigenvalue weighted by Crippen LogP contribution is 2.28. The van der Waals surface area contributed by atoms with Crippen molar-refractivity contribution in [3.05, 3.63) is 72.8 Å². The van der Waals surface area contributed by atoms with Crippen molar-refractivity contribution in [2.24, 2.45) is 0 Å². The quantitative estimate of drug-likeness (QED) is 0.405. The van der Waals surface area contributed by atoms with Crippen molar-refractivity contribution in [3.63, 3.8) is 0 Å². The highest BCUT2D eigenvalue weighted by molar-refractivity contribution is 5.82. The van der Waals surface area contributed by atoms with Gasteiger partial charge in [0.05, 0.1) is 0 Å². The van der Waals surface area contributed by atoms with E-state index >= 15 is 0 Å². The van der Waals surface area contributed by atoms with Crippen molar-refractivity contribution in [1.29, 1.82) is 0 Å². The third kappa shape index (κ3) is 2.80. The molecule has 118 valence electrons. The predicted octanol–water partition coefficient (Wildman–Crippen LogP) is 5.09. The highest BCUT2D eigenvalue weighted by atomic mass is 17.1. The molecule has 5 heteroatoms. The van der Waals surface area contributed by atoms with Crippen LogP contribution in [0, 0.1) is 0 Å². The lowest BCUT2D eigenvalue weighted by Crippen LogP contribution is -1.88. The third-order valence-electron chi connectivity index (χ3n) is 3.71. The zero-order chi connectivity index (χ0) is 16.4. The van der Waals surface area contributed by atoms with E-state index in [0.29, 0.717) is 17.3 Å². The first-order chi connectivity index (χ1) is 11.8. The maximum Gasteiger partial charge on any atom is 0.300 e. The summed E-state index contributed by atoms with van der Waals surface area (Å²) in [6.45, 7) is 0. The molecule has 2 N–H and O–H groups in total. The van der Waals surface area contributed by atoms with E-state index in [1.54, 1.807) is 12.1 Å². The second kappa shape index (κ2) is 6.06. The van der Waals surface area contributed by atoms with Gasteiger partial charge in [0.15, 0.2) is 11.3 Å². The van der Waals surface area contributed by atoms with Crippen LogP contribution in [0.15, 0.2) is 77.2 Å². The normalized spacial score (nSPS) is 10.7. The summed E-state index contributed by atoms with van der Waals surface area (Å²) in [5.41, 5.74) is 4.41. The highest BCUT2D eigenvalue weighted by Gasteiger charge is 2.08. The summed E-state index contributed by atoms with van der Waals surface area (Å²) >= 11 is 0. The minimum Gasteiger partial charge on any atom is -0.423 e. The van der Waals surface area contributed by atoms with Crippen molar-refractivity contribution in [1.82, 2.24) is 4.98 Å². The van der Waals surface area contributed by atoms with Gasteiger partial charge in [-0.3, -0.25) is 0 Å². The molecule has 0 radical (unpaired) electrons. The molecule has 0 fully saturated rings. The minimum atomic E-state index is 0.399. The van der Waals surface area contributed by atoms with Crippen molar-refractivity contribution in [2.45, 2.75) is 0 Å². The Morgan fingerprint density at radius 2 is 1.62 bits per heavy atom. The first-order valence-corrected chi connectivity index (χ1v) is 7.46. The van der Waals surface area contributed by atoms with Crippen molar-refractivity contribution in [2.75, 3.05) is 5.32 Å². The molecule has 4 rings (SSSR count). The molecule has 0 bridgehead atoms. The Hall–Kier alpha value is -3.31. The Bertz CT molecular complexity index is 963. The fourth-order valence-electron chi connectivity index (χ4n) is 2.51. The van der Waals surface area contributed by atoms with Gasteiger partial charge in [-0.15, -0.1) is 0 Å². The van der Waals surface area contributed by atoms with Crippen LogP contribution >= 0.6 is 0 Å². The van der Waals surface area contributed by atoms with E-state index in [2.05, 4.69) is 15.2 Å². The first kappa shape index (κ1) is 14.3. The second-order valence-corrected chi connectivity index (χ2v) is 5.31. The molecule has 0 saturated heterocycles. The van der Waals surface area contributed by atoms with Crippen LogP contribution in [-0.4, -0.2) is 10.2 Å². The van der Waals surface area contributed by atoms with Crippen LogP contribution in [0.5, 0.6) is 5.75 Å². The molecule has 0 amide bonds. The fourth-order valence-corrected chi connectivity index (χ4v) is 2.51. The topological polar surface area (TPSA) is 67.5 Å². The maximum absolute atomic E-state index is 8.63. The summed E-state index contributed by atoms with van der Waals surface area (Å²) in [4.78, 5) is 8.69. The van der Waals surface area contributed by atoms with E-state index in [9.17, 15) is 0 Å². The van der Waals surface area contributed by atoms with Crippen LogP contribution in [0.25, 0.3) is 22.2 Å². The molecular formula is C19H14N2O3. The number of aromatic nitrogens is 1. The van der Waals surface area contributed by atoms with Gasteiger partial charge in [0.25, 0.3) is 6.01 Å². The molecule has 0 saturated carbocycles. The van der Waals surface area contributed by atoms with Crippen molar-refractivity contribution in [3.8, 4) is 16.9 Å². The molecule has 4 aromatic rings. The van der Waals surface area contributed by atoms with Gasteiger partial charge in [-0.05, 0) is 47.5 Å². The summed E-state index contributed by atoms with van der Waals surface area (Å²) < 4.78 is 5.72. The van der Waals surface area contributed by atoms with Crippen LogP contribution < -0.4 is 10.2 Å². The Labute approximate surface area is 138 Å². The van der Waals surface area contributed by atoms with Crippen LogP contribution in [-0.2, 0) is 0 Å². The van der Waals surface area contributed by atoms with Gasteiger partial charge in [-0.25, -0.2) is 5.26 Å². The number of hydrogen-bond donors (Lipinski definition) is 2. The van der Waals surface area contributed by atoms with Crippen molar-refractivity contribution >= 4 is 22.8 Å². The minimum absolute atomic E-state index is 0.399. The lowest BCUT2D eigenvalue weighted by Gasteiger charge is -2.02. The first-order valence-electron chi connectivity index (χ1n) is 7.46. The molecule has 0 atom stereocenters. The average Bonchev–Trinajstić information content (AvgIpc) is 3.04. The number of anilines is 2. The molecule has 5 nitrogen and oxygen atoms in total. The molecule has 0 aliphatic rings. The average molecular weight is 318 g/mol. The SMILES string of the molecule is OOc1ccc(-c2ccc3oc(Nc4ccccc4)nc3c2)cc1. The van der Waals surface area contributed by atoms with Gasteiger partial charge in [-0.1, -0.05) is 36.4 Å². The number of fused-ring (bicyclic) bond motifs is 1. The van der Waals surface area contributed by atoms with Gasteiger partial charge in [0.2, 0.25) is 0 Å². The Kier molecular flexibility index (Phi) is 3.61. The van der Waals surface area contributed by atoms with Crippen LogP contribution in [0.1, 0.15) is 0 Å². The number of hydrogen-bond acceptors (Lipinski definition) is 5. The molecule has 0 aliphatic carbocycles. The lowest BCUT2D eigenvalue weighted by molar-refractivity contribution is -0.137. The van der Waals surface area contributed by atoms with E-state index in [4.69, 9.17) is 9.67 Å². The lowest BCUT2D eigenvalue weighted by atomic mass is 10.1. The van der Waals surface area contributed by atoms with Crippen LogP contribution in [0.4, 0.5) is 11.7 Å². The summed E-state index contributed by atoms with van der Waals surface area (Å²) in [7, 11) is 0. The molecule has 0 spiro atoms. The third-order valence-corrected chi connectivity index (χ3v) is 3.71. The van der Waals surface area contributed by atoms with E-state index in [0.717, 1.165) is 22.3 Å². The van der Waals surface area contributed by atoms with E-state index in [1.165, 1.54) is 0 Å². The van der Waals surface area contributed by atoms with Crippen LogP contribution in [0.2, 0.25) is 0 Å². The van der Waals surface area contributed by atoms with Crippen LogP contribution in [0.3, 0.4) is 0 Å². The molecule has 1 heterocycles. The Morgan fingerprint density at radius 1 is 0.875 bits per heavy atom. The number of nitrogens with one attached hydrogen (secondary N) is 1. The van der Waals surface area contributed by atoms with Gasteiger partial charge < -0.3 is 14.6 Å². The fraction of sp³-hybridized carbons (Fsp3) is 0. The Balaban J connectivity index is 1.65. The van der Waals surface area contributed by atoms with Gasteiger partial charge in [-0.2, -0.15) is 4.98 Å². The number of nitrogens with zero attached hydrogens (tertiary/aromatic N) is 1. The summed E-state index contributed by atoms with van der Waals surface area (Å²) in [6.07, 6.45) is 0.